The van der Waals surface area contributed by atoms with Crippen LogP contribution in [0.3, 0.4) is 0 Å². The molecule has 0 spiro atoms. The Bertz CT molecular complexity index is 1560. The quantitative estimate of drug-likeness (QED) is 0.254. The van der Waals surface area contributed by atoms with Gasteiger partial charge in [0.1, 0.15) is 6.04 Å². The Morgan fingerprint density at radius 3 is 2.63 bits per heavy atom. The minimum atomic E-state index is -0.907. The molecule has 0 radical (unpaired) electrons. The average molecular weight is 595 g/mol. The monoisotopic (exact) mass is 594 g/mol. The van der Waals surface area contributed by atoms with Crippen LogP contribution in [0.1, 0.15) is 51.7 Å². The maximum absolute atomic E-state index is 13.3. The molecule has 13 heteroatoms. The second-order valence-electron chi connectivity index (χ2n) is 10.0. The lowest BCUT2D eigenvalue weighted by Gasteiger charge is -2.30. The van der Waals surface area contributed by atoms with E-state index in [0.717, 1.165) is 42.6 Å². The summed E-state index contributed by atoms with van der Waals surface area (Å²) in [5.41, 5.74) is 2.70. The van der Waals surface area contributed by atoms with Crippen LogP contribution >= 0.6 is 23.2 Å². The zero-order chi connectivity index (χ0) is 29.1. The number of nitriles is 1. The van der Waals surface area contributed by atoms with Gasteiger partial charge in [-0.2, -0.15) is 10.4 Å². The number of aromatic nitrogens is 2. The molecule has 0 aliphatic carbocycles. The van der Waals surface area contributed by atoms with Gasteiger partial charge in [-0.15, -0.1) is 4.99 Å². The number of nitrogens with zero attached hydrogens (tertiary/aromatic N) is 6. The van der Waals surface area contributed by atoms with Crippen molar-refractivity contribution < 1.29 is 14.4 Å². The summed E-state index contributed by atoms with van der Waals surface area (Å²) in [7, 11) is 0. The van der Waals surface area contributed by atoms with E-state index in [2.05, 4.69) is 20.7 Å². The van der Waals surface area contributed by atoms with Gasteiger partial charge >= 0.3 is 0 Å². The van der Waals surface area contributed by atoms with Crippen molar-refractivity contribution >= 4 is 52.3 Å². The van der Waals surface area contributed by atoms with E-state index in [9.17, 15) is 14.4 Å². The van der Waals surface area contributed by atoms with Crippen LogP contribution in [0.2, 0.25) is 10.0 Å². The Morgan fingerprint density at radius 2 is 1.93 bits per heavy atom. The number of Topliss-reactive ketones (excluding diaryl/α,β-unsaturated/α-hetero) is 1. The van der Waals surface area contributed by atoms with Crippen molar-refractivity contribution in [3.05, 3.63) is 69.0 Å². The molecule has 0 unspecified atom stereocenters. The number of hydrogen-bond acceptors (Lipinski definition) is 6. The lowest BCUT2D eigenvalue weighted by Crippen LogP contribution is -2.50. The van der Waals surface area contributed by atoms with Gasteiger partial charge in [0, 0.05) is 38.9 Å². The smallest absolute Gasteiger partial charge is 0.274 e. The molecule has 1 atom stereocenters. The molecule has 2 aliphatic rings. The molecule has 1 fully saturated rings. The number of nitrogens with one attached hydrogen (secondary N) is 2. The Balaban J connectivity index is 1.30. The van der Waals surface area contributed by atoms with E-state index in [-0.39, 0.29) is 40.4 Å². The molecule has 2 aromatic heterocycles. The molecule has 0 bridgehead atoms. The van der Waals surface area contributed by atoms with Gasteiger partial charge in [-0.1, -0.05) is 29.3 Å². The molecule has 2 aliphatic heterocycles. The van der Waals surface area contributed by atoms with Crippen molar-refractivity contribution in [2.45, 2.75) is 38.8 Å². The first kappa shape index (κ1) is 28.4. The summed E-state index contributed by atoms with van der Waals surface area (Å²) in [5.74, 6) is -0.709. The second-order valence-corrected chi connectivity index (χ2v) is 10.8. The number of likely N-dealkylation sites (tertiary alicyclic amines) is 1. The largest absolute Gasteiger partial charge is 0.353 e. The average Bonchev–Trinajstić information content (AvgIpc) is 3.64. The summed E-state index contributed by atoms with van der Waals surface area (Å²) in [6.07, 6.45) is 5.96. The van der Waals surface area contributed by atoms with Gasteiger partial charge in [-0.3, -0.25) is 14.4 Å². The van der Waals surface area contributed by atoms with Crippen LogP contribution in [0.25, 0.3) is 5.52 Å². The van der Waals surface area contributed by atoms with Gasteiger partial charge < -0.3 is 20.4 Å². The maximum Gasteiger partial charge on any atom is 0.274 e. The molecule has 1 saturated heterocycles. The molecule has 2 N–H and O–H groups in total. The Morgan fingerprint density at radius 1 is 1.15 bits per heavy atom. The number of benzene rings is 1. The number of carbonyl (C=O) groups is 3. The van der Waals surface area contributed by atoms with Crippen LogP contribution in [0.5, 0.6) is 0 Å². The number of rotatable bonds is 6. The first-order valence-electron chi connectivity index (χ1n) is 13.3. The summed E-state index contributed by atoms with van der Waals surface area (Å²) in [6, 6.07) is 8.08. The van der Waals surface area contributed by atoms with Crippen molar-refractivity contribution in [2.24, 2.45) is 4.99 Å². The SMILES string of the molecule is CC(=O)[C@H](CN/C(=N/C#N)N1CCCC1)NC(=O)c1c(Cl)cc2c(c1Cl)CCN(C(=O)c1cc3ccccn3n1)C2. The molecule has 0 saturated carbocycles. The normalized spacial score (nSPS) is 15.8. The molecule has 4 heterocycles. The number of carbonyl (C=O) groups excluding carboxylic acids is 3. The zero-order valence-electron chi connectivity index (χ0n) is 22.4. The van der Waals surface area contributed by atoms with E-state index >= 15 is 0 Å². The highest BCUT2D eigenvalue weighted by Crippen LogP contribution is 2.35. The Kier molecular flexibility index (Phi) is 8.42. The van der Waals surface area contributed by atoms with Gasteiger partial charge in [-0.25, -0.2) is 4.52 Å². The first-order valence-corrected chi connectivity index (χ1v) is 14.0. The third kappa shape index (κ3) is 5.99. The predicted molar refractivity (Wildman–Crippen MR) is 154 cm³/mol. The standard InChI is InChI=1S/C28H28Cl2N8O3/c1-17(39)23(14-32-28(33-16-31)36-8-4-5-9-36)34-26(40)24-21(29)12-18-15-37(11-7-20(18)25(24)30)27(41)22-13-19-6-2-3-10-38(19)35-22/h2-3,6,10,12-13,23H,4-5,7-9,11,14-15H2,1H3,(H,32,33)(H,34,40)/t23-/m0/s1. The fourth-order valence-corrected chi connectivity index (χ4v) is 5.92. The number of ketones is 1. The summed E-state index contributed by atoms with van der Waals surface area (Å²) in [6.45, 7) is 3.58. The third-order valence-electron chi connectivity index (χ3n) is 7.33. The van der Waals surface area contributed by atoms with Crippen LogP contribution < -0.4 is 10.6 Å². The number of hydrogen-bond donors (Lipinski definition) is 2. The zero-order valence-corrected chi connectivity index (χ0v) is 23.9. The van der Waals surface area contributed by atoms with Crippen molar-refractivity contribution in [3.63, 3.8) is 0 Å². The van der Waals surface area contributed by atoms with Crippen LogP contribution in [0, 0.1) is 11.5 Å². The fraction of sp³-hybridized carbons (Fsp3) is 0.357. The molecule has 1 aromatic carbocycles. The van der Waals surface area contributed by atoms with Crippen LogP contribution in [-0.4, -0.2) is 75.2 Å². The van der Waals surface area contributed by atoms with Crippen LogP contribution in [0.4, 0.5) is 0 Å². The molecule has 212 valence electrons. The number of guanidine groups is 1. The van der Waals surface area contributed by atoms with Crippen molar-refractivity contribution in [3.8, 4) is 6.19 Å². The molecular formula is C28H28Cl2N8O3. The topological polar surface area (TPSA) is 135 Å². The fourth-order valence-electron chi connectivity index (χ4n) is 5.16. The Labute approximate surface area is 246 Å². The summed E-state index contributed by atoms with van der Waals surface area (Å²) >= 11 is 13.3. The lowest BCUT2D eigenvalue weighted by molar-refractivity contribution is -0.118. The molecule has 11 nitrogen and oxygen atoms in total. The van der Waals surface area contributed by atoms with Crippen molar-refractivity contribution in [1.82, 2.24) is 30.0 Å². The maximum atomic E-state index is 13.3. The van der Waals surface area contributed by atoms with Gasteiger partial charge in [0.25, 0.3) is 11.8 Å². The van der Waals surface area contributed by atoms with E-state index in [1.165, 1.54) is 6.92 Å². The highest BCUT2D eigenvalue weighted by atomic mass is 35.5. The minimum absolute atomic E-state index is 0.0401. The summed E-state index contributed by atoms with van der Waals surface area (Å²) < 4.78 is 1.65. The van der Waals surface area contributed by atoms with E-state index in [4.69, 9.17) is 28.5 Å². The highest BCUT2D eigenvalue weighted by molar-refractivity contribution is 6.40. The van der Waals surface area contributed by atoms with Gasteiger partial charge in [0.05, 0.1) is 21.1 Å². The number of amides is 2. The molecular weight excluding hydrogens is 567 g/mol. The third-order valence-corrected chi connectivity index (χ3v) is 8.05. The predicted octanol–water partition coefficient (Wildman–Crippen LogP) is 3.05. The van der Waals surface area contributed by atoms with E-state index in [0.29, 0.717) is 24.6 Å². The van der Waals surface area contributed by atoms with E-state index < -0.39 is 11.9 Å². The van der Waals surface area contributed by atoms with Crippen LogP contribution in [-0.2, 0) is 17.8 Å². The molecule has 2 amide bonds. The van der Waals surface area contributed by atoms with Crippen LogP contribution in [0.15, 0.2) is 41.5 Å². The van der Waals surface area contributed by atoms with Gasteiger partial charge in [-0.05, 0) is 61.6 Å². The van der Waals surface area contributed by atoms with Gasteiger partial charge in [0.2, 0.25) is 12.2 Å². The van der Waals surface area contributed by atoms with E-state index in [1.54, 1.807) is 33.9 Å². The summed E-state index contributed by atoms with van der Waals surface area (Å²) in [5, 5.41) is 19.5. The first-order chi connectivity index (χ1) is 19.8. The van der Waals surface area contributed by atoms with E-state index in [1.807, 2.05) is 23.1 Å². The number of pyridine rings is 1. The number of aliphatic imine (C=N–C) groups is 1. The lowest BCUT2D eigenvalue weighted by atomic mass is 9.96. The molecule has 3 aromatic rings. The molecule has 5 rings (SSSR count). The highest BCUT2D eigenvalue weighted by Gasteiger charge is 2.30. The number of halogens is 2. The minimum Gasteiger partial charge on any atom is -0.353 e. The van der Waals surface area contributed by atoms with Crippen molar-refractivity contribution in [2.75, 3.05) is 26.2 Å². The van der Waals surface area contributed by atoms with Crippen molar-refractivity contribution in [1.29, 1.82) is 5.26 Å². The molecule has 41 heavy (non-hydrogen) atoms. The van der Waals surface area contributed by atoms with Gasteiger partial charge in [0.15, 0.2) is 11.5 Å². The Hall–Kier alpha value is -4.14. The number of fused-ring (bicyclic) bond motifs is 2. The summed E-state index contributed by atoms with van der Waals surface area (Å²) in [4.78, 5) is 46.4. The second kappa shape index (κ2) is 12.2.